The molecule has 92 valence electrons. The highest BCUT2D eigenvalue weighted by atomic mass is 19.3. The highest BCUT2D eigenvalue weighted by Crippen LogP contribution is 2.42. The van der Waals surface area contributed by atoms with Crippen molar-refractivity contribution in [2.24, 2.45) is 0 Å². The van der Waals surface area contributed by atoms with E-state index >= 15 is 0 Å². The van der Waals surface area contributed by atoms with Crippen LogP contribution in [0.4, 0.5) is 23.2 Å². The number of amides is 1. The fraction of sp³-hybridized carbons (Fsp3) is 0.222. The molecular weight excluding hydrogens is 246 g/mol. The molecule has 0 saturated heterocycles. The Morgan fingerprint density at radius 1 is 1.24 bits per heavy atom. The van der Waals surface area contributed by atoms with Gasteiger partial charge in [0.2, 0.25) is 0 Å². The summed E-state index contributed by atoms with van der Waals surface area (Å²) >= 11 is 0. The Morgan fingerprint density at radius 2 is 1.88 bits per heavy atom. The Balaban J connectivity index is 2.17. The first-order valence-electron chi connectivity index (χ1n) is 4.36. The van der Waals surface area contributed by atoms with Crippen LogP contribution in [0, 0.1) is 0 Å². The number of hydrogen-bond acceptors (Lipinski definition) is 3. The molecule has 1 heterocycles. The normalized spacial score (nSPS) is 16.1. The Hall–Kier alpha value is -1.99. The van der Waals surface area contributed by atoms with Crippen molar-refractivity contribution < 1.29 is 31.8 Å². The fourth-order valence-electron chi connectivity index (χ4n) is 1.22. The smallest absolute Gasteiger partial charge is 0.395 e. The number of ether oxygens (including phenoxy) is 2. The number of anilines is 1. The zero-order valence-corrected chi connectivity index (χ0v) is 8.05. The molecule has 0 fully saturated rings. The molecule has 0 aliphatic carbocycles. The van der Waals surface area contributed by atoms with Gasteiger partial charge in [-0.25, -0.2) is 0 Å². The van der Waals surface area contributed by atoms with E-state index < -0.39 is 18.6 Å². The van der Waals surface area contributed by atoms with Crippen LogP contribution in [-0.2, 0) is 4.79 Å². The number of halogens is 4. The highest BCUT2D eigenvalue weighted by Gasteiger charge is 2.43. The molecule has 0 bridgehead atoms. The Kier molecular flexibility index (Phi) is 2.56. The molecule has 8 heteroatoms. The standard InChI is InChI=1S/C9H5F4NO3/c10-7(11)8(15)14-4-1-2-5-6(3-4)17-9(12,13)16-5/h1-3,7H,(H,14,15). The molecule has 1 aliphatic rings. The molecule has 4 nitrogen and oxygen atoms in total. The maximum Gasteiger partial charge on any atom is 0.586 e. The molecular formula is C9H5F4NO3. The third kappa shape index (κ3) is 2.40. The minimum atomic E-state index is -3.78. The largest absolute Gasteiger partial charge is 0.586 e. The lowest BCUT2D eigenvalue weighted by Crippen LogP contribution is -2.25. The van der Waals surface area contributed by atoms with Crippen LogP contribution in [0.3, 0.4) is 0 Å². The van der Waals surface area contributed by atoms with Crippen molar-refractivity contribution in [1.29, 1.82) is 0 Å². The fourth-order valence-corrected chi connectivity index (χ4v) is 1.22. The molecule has 1 aliphatic heterocycles. The van der Waals surface area contributed by atoms with Crippen LogP contribution in [0.25, 0.3) is 0 Å². The lowest BCUT2D eigenvalue weighted by molar-refractivity contribution is -0.286. The third-order valence-electron chi connectivity index (χ3n) is 1.87. The maximum atomic E-state index is 12.6. The summed E-state index contributed by atoms with van der Waals surface area (Å²) < 4.78 is 57.2. The van der Waals surface area contributed by atoms with Crippen molar-refractivity contribution in [3.05, 3.63) is 18.2 Å². The van der Waals surface area contributed by atoms with Crippen LogP contribution in [0.1, 0.15) is 0 Å². The van der Waals surface area contributed by atoms with Gasteiger partial charge in [0, 0.05) is 11.8 Å². The van der Waals surface area contributed by atoms with Crippen LogP contribution >= 0.6 is 0 Å². The summed E-state index contributed by atoms with van der Waals surface area (Å²) in [6.45, 7) is 0. The van der Waals surface area contributed by atoms with E-state index in [2.05, 4.69) is 9.47 Å². The van der Waals surface area contributed by atoms with Crippen molar-refractivity contribution in [3.63, 3.8) is 0 Å². The number of alkyl halides is 4. The molecule has 0 radical (unpaired) electrons. The van der Waals surface area contributed by atoms with E-state index in [4.69, 9.17) is 0 Å². The van der Waals surface area contributed by atoms with E-state index in [0.29, 0.717) is 0 Å². The molecule has 1 N–H and O–H groups in total. The number of carbonyl (C=O) groups is 1. The summed E-state index contributed by atoms with van der Waals surface area (Å²) in [5.41, 5.74) is -0.0876. The lowest BCUT2D eigenvalue weighted by atomic mass is 10.3. The molecule has 0 spiro atoms. The molecule has 17 heavy (non-hydrogen) atoms. The Bertz CT molecular complexity index is 464. The topological polar surface area (TPSA) is 47.6 Å². The summed E-state index contributed by atoms with van der Waals surface area (Å²) in [4.78, 5) is 10.7. The average molecular weight is 251 g/mol. The number of fused-ring (bicyclic) bond motifs is 1. The molecule has 1 aromatic carbocycles. The monoisotopic (exact) mass is 251 g/mol. The molecule has 1 amide bonds. The molecule has 0 atom stereocenters. The van der Waals surface area contributed by atoms with Crippen molar-refractivity contribution in [2.45, 2.75) is 12.7 Å². The van der Waals surface area contributed by atoms with Crippen molar-refractivity contribution >= 4 is 11.6 Å². The van der Waals surface area contributed by atoms with E-state index in [1.54, 1.807) is 0 Å². The van der Waals surface area contributed by atoms with Crippen LogP contribution in [0.2, 0.25) is 0 Å². The summed E-state index contributed by atoms with van der Waals surface area (Å²) in [7, 11) is 0. The second kappa shape index (κ2) is 3.79. The minimum Gasteiger partial charge on any atom is -0.395 e. The van der Waals surface area contributed by atoms with Gasteiger partial charge in [-0.05, 0) is 12.1 Å². The molecule has 1 aromatic rings. The van der Waals surface area contributed by atoms with Crippen LogP contribution < -0.4 is 14.8 Å². The Labute approximate surface area is 92.1 Å². The van der Waals surface area contributed by atoms with E-state index in [1.807, 2.05) is 5.32 Å². The number of benzene rings is 1. The first-order chi connectivity index (χ1) is 7.87. The van der Waals surface area contributed by atoms with Gasteiger partial charge >= 0.3 is 12.7 Å². The lowest BCUT2D eigenvalue weighted by Gasteiger charge is -2.05. The minimum absolute atomic E-state index is 0.0876. The van der Waals surface area contributed by atoms with Gasteiger partial charge in [0.15, 0.2) is 11.5 Å². The second-order valence-electron chi connectivity index (χ2n) is 3.12. The van der Waals surface area contributed by atoms with Gasteiger partial charge in [0.1, 0.15) is 0 Å². The predicted octanol–water partition coefficient (Wildman–Crippen LogP) is 2.21. The predicted molar refractivity (Wildman–Crippen MR) is 47.3 cm³/mol. The van der Waals surface area contributed by atoms with Gasteiger partial charge in [0.25, 0.3) is 5.91 Å². The summed E-state index contributed by atoms with van der Waals surface area (Å²) in [5.74, 6) is -2.09. The van der Waals surface area contributed by atoms with E-state index in [-0.39, 0.29) is 17.2 Å². The number of carbonyl (C=O) groups excluding carboxylic acids is 1. The number of hydrogen-bond donors (Lipinski definition) is 1. The zero-order chi connectivity index (χ0) is 12.6. The van der Waals surface area contributed by atoms with Gasteiger partial charge in [-0.15, -0.1) is 8.78 Å². The van der Waals surface area contributed by atoms with Gasteiger partial charge in [-0.3, -0.25) is 4.79 Å². The van der Waals surface area contributed by atoms with Crippen LogP contribution in [0.15, 0.2) is 18.2 Å². The van der Waals surface area contributed by atoms with E-state index in [9.17, 15) is 22.4 Å². The molecule has 0 unspecified atom stereocenters. The summed E-state index contributed by atoms with van der Waals surface area (Å²) in [5, 5.41) is 1.83. The third-order valence-corrected chi connectivity index (χ3v) is 1.87. The summed E-state index contributed by atoms with van der Waals surface area (Å²) in [6, 6.07) is 3.19. The van der Waals surface area contributed by atoms with Gasteiger partial charge in [-0.1, -0.05) is 0 Å². The SMILES string of the molecule is O=C(Nc1ccc2c(c1)OC(F)(F)O2)C(F)F. The average Bonchev–Trinajstić information content (AvgIpc) is 2.50. The maximum absolute atomic E-state index is 12.6. The van der Waals surface area contributed by atoms with Gasteiger partial charge in [0.05, 0.1) is 0 Å². The zero-order valence-electron chi connectivity index (χ0n) is 8.05. The highest BCUT2D eigenvalue weighted by molar-refractivity contribution is 5.93. The Morgan fingerprint density at radius 3 is 2.53 bits per heavy atom. The van der Waals surface area contributed by atoms with Crippen molar-refractivity contribution in [3.8, 4) is 11.5 Å². The molecule has 2 rings (SSSR count). The number of rotatable bonds is 2. The molecule has 0 aromatic heterocycles. The second-order valence-corrected chi connectivity index (χ2v) is 3.12. The first-order valence-corrected chi connectivity index (χ1v) is 4.36. The van der Waals surface area contributed by atoms with Crippen molar-refractivity contribution in [1.82, 2.24) is 0 Å². The summed E-state index contributed by atoms with van der Waals surface area (Å²) in [6.07, 6.45) is -6.98. The van der Waals surface area contributed by atoms with E-state index in [1.165, 1.54) is 0 Å². The van der Waals surface area contributed by atoms with Crippen molar-refractivity contribution in [2.75, 3.05) is 5.32 Å². The number of nitrogens with one attached hydrogen (secondary N) is 1. The molecule has 0 saturated carbocycles. The van der Waals surface area contributed by atoms with Crippen LogP contribution in [-0.4, -0.2) is 18.6 Å². The van der Waals surface area contributed by atoms with Gasteiger partial charge < -0.3 is 14.8 Å². The van der Waals surface area contributed by atoms with E-state index in [0.717, 1.165) is 18.2 Å². The van der Waals surface area contributed by atoms with Gasteiger partial charge in [-0.2, -0.15) is 8.78 Å². The quantitative estimate of drug-likeness (QED) is 0.820. The first kappa shape index (κ1) is 11.5. The van der Waals surface area contributed by atoms with Crippen LogP contribution in [0.5, 0.6) is 11.5 Å².